The normalized spacial score (nSPS) is 11.6. The van der Waals surface area contributed by atoms with Gasteiger partial charge in [-0.2, -0.15) is 0 Å². The molecule has 5 heteroatoms. The zero-order valence-corrected chi connectivity index (χ0v) is 20.2. The van der Waals surface area contributed by atoms with E-state index in [-0.39, 0.29) is 11.3 Å². The van der Waals surface area contributed by atoms with Gasteiger partial charge in [-0.1, -0.05) is 80.9 Å². The van der Waals surface area contributed by atoms with Gasteiger partial charge in [-0.3, -0.25) is 4.79 Å². The summed E-state index contributed by atoms with van der Waals surface area (Å²) in [6.07, 6.45) is 1.01. The number of aromatic nitrogens is 2. The summed E-state index contributed by atoms with van der Waals surface area (Å²) < 4.78 is 2.26. The Balaban J connectivity index is 1.46. The molecule has 1 amide bonds. The van der Waals surface area contributed by atoms with Gasteiger partial charge in [0.05, 0.1) is 17.5 Å². The van der Waals surface area contributed by atoms with Crippen LogP contribution in [0.5, 0.6) is 0 Å². The van der Waals surface area contributed by atoms with Crippen LogP contribution in [0.15, 0.2) is 72.8 Å². The molecule has 0 spiro atoms. The first-order valence-corrected chi connectivity index (χ1v) is 11.7. The summed E-state index contributed by atoms with van der Waals surface area (Å²) in [6.45, 7) is 7.97. The molecule has 4 nitrogen and oxygen atoms in total. The minimum atomic E-state index is -0.00208. The summed E-state index contributed by atoms with van der Waals surface area (Å²) in [5, 5.41) is 3.70. The molecule has 0 aliphatic rings. The lowest BCUT2D eigenvalue weighted by atomic mass is 9.87. The minimum Gasteiger partial charge on any atom is -0.355 e. The standard InChI is InChI=1S/C28H30ClN3O/c1-28(2,3)22-12-8-21(9-13-22)19-32-25-7-5-4-6-24(25)31-26(32)16-17-30-27(33)18-20-10-14-23(29)15-11-20/h4-15H,16-19H2,1-3H3,(H,30,33). The number of imidazole rings is 1. The van der Waals surface area contributed by atoms with Crippen LogP contribution in [0.25, 0.3) is 11.0 Å². The number of fused-ring (bicyclic) bond motifs is 1. The van der Waals surface area contributed by atoms with Crippen LogP contribution in [-0.2, 0) is 29.6 Å². The molecule has 0 radical (unpaired) electrons. The highest BCUT2D eigenvalue weighted by atomic mass is 35.5. The number of benzene rings is 3. The molecule has 4 aromatic rings. The van der Waals surface area contributed by atoms with E-state index in [1.165, 1.54) is 11.1 Å². The molecular weight excluding hydrogens is 430 g/mol. The van der Waals surface area contributed by atoms with Crippen LogP contribution in [0.2, 0.25) is 5.02 Å². The molecule has 170 valence electrons. The van der Waals surface area contributed by atoms with E-state index >= 15 is 0 Å². The third-order valence-corrected chi connectivity index (χ3v) is 6.09. The number of rotatable bonds is 7. The van der Waals surface area contributed by atoms with Crippen molar-refractivity contribution in [1.82, 2.24) is 14.9 Å². The molecule has 0 saturated heterocycles. The predicted octanol–water partition coefficient (Wildman–Crippen LogP) is 5.94. The van der Waals surface area contributed by atoms with Crippen molar-refractivity contribution in [3.63, 3.8) is 0 Å². The summed E-state index contributed by atoms with van der Waals surface area (Å²) in [4.78, 5) is 17.2. The smallest absolute Gasteiger partial charge is 0.224 e. The third kappa shape index (κ3) is 5.82. The summed E-state index contributed by atoms with van der Waals surface area (Å²) in [5.74, 6) is 0.973. The molecule has 0 atom stereocenters. The van der Waals surface area contributed by atoms with Gasteiger partial charge in [-0.15, -0.1) is 0 Å². The first-order valence-electron chi connectivity index (χ1n) is 11.3. The Bertz CT molecular complexity index is 1240. The van der Waals surface area contributed by atoms with E-state index in [2.05, 4.69) is 61.0 Å². The fourth-order valence-corrected chi connectivity index (χ4v) is 4.08. The summed E-state index contributed by atoms with van der Waals surface area (Å²) in [7, 11) is 0. The van der Waals surface area contributed by atoms with Crippen molar-refractivity contribution in [2.45, 2.75) is 45.6 Å². The van der Waals surface area contributed by atoms with Gasteiger partial charge < -0.3 is 9.88 Å². The van der Waals surface area contributed by atoms with Gasteiger partial charge in [0.2, 0.25) is 5.91 Å². The van der Waals surface area contributed by atoms with Crippen molar-refractivity contribution in [2.24, 2.45) is 0 Å². The zero-order valence-electron chi connectivity index (χ0n) is 19.4. The molecule has 0 bridgehead atoms. The lowest BCUT2D eigenvalue weighted by Gasteiger charge is -2.19. The SMILES string of the molecule is CC(C)(C)c1ccc(Cn2c(CCNC(=O)Cc3ccc(Cl)cc3)nc3ccccc32)cc1. The van der Waals surface area contributed by atoms with Crippen LogP contribution in [0, 0.1) is 0 Å². The largest absolute Gasteiger partial charge is 0.355 e. The van der Waals surface area contributed by atoms with E-state index in [9.17, 15) is 4.79 Å². The fraction of sp³-hybridized carbons (Fsp3) is 0.286. The van der Waals surface area contributed by atoms with E-state index in [1.807, 2.05) is 30.3 Å². The topological polar surface area (TPSA) is 46.9 Å². The number of nitrogens with one attached hydrogen (secondary N) is 1. The Hall–Kier alpha value is -3.11. The fourth-order valence-electron chi connectivity index (χ4n) is 3.95. The molecule has 3 aromatic carbocycles. The monoisotopic (exact) mass is 459 g/mol. The van der Waals surface area contributed by atoms with Gasteiger partial charge in [-0.05, 0) is 46.4 Å². The average molecular weight is 460 g/mol. The van der Waals surface area contributed by atoms with Crippen LogP contribution < -0.4 is 5.32 Å². The Morgan fingerprint density at radius 2 is 1.61 bits per heavy atom. The Morgan fingerprint density at radius 3 is 2.30 bits per heavy atom. The number of hydrogen-bond donors (Lipinski definition) is 1. The molecule has 0 unspecified atom stereocenters. The van der Waals surface area contributed by atoms with Gasteiger partial charge in [0, 0.05) is 24.5 Å². The molecule has 33 heavy (non-hydrogen) atoms. The van der Waals surface area contributed by atoms with Crippen LogP contribution in [0.1, 0.15) is 43.3 Å². The zero-order chi connectivity index (χ0) is 23.4. The Labute approximate surface area is 200 Å². The number of amides is 1. The van der Waals surface area contributed by atoms with Gasteiger partial charge in [0.15, 0.2) is 0 Å². The first kappa shape index (κ1) is 23.1. The second kappa shape index (κ2) is 9.80. The number of hydrogen-bond acceptors (Lipinski definition) is 2. The number of halogens is 1. The highest BCUT2D eigenvalue weighted by Crippen LogP contribution is 2.23. The molecule has 4 rings (SSSR count). The quantitative estimate of drug-likeness (QED) is 0.372. The van der Waals surface area contributed by atoms with Gasteiger partial charge in [0.1, 0.15) is 5.82 Å². The van der Waals surface area contributed by atoms with Gasteiger partial charge in [0.25, 0.3) is 0 Å². The van der Waals surface area contributed by atoms with E-state index < -0.39 is 0 Å². The van der Waals surface area contributed by atoms with E-state index in [0.29, 0.717) is 24.4 Å². The number of carbonyl (C=O) groups is 1. The van der Waals surface area contributed by atoms with Gasteiger partial charge >= 0.3 is 0 Å². The van der Waals surface area contributed by atoms with Crippen molar-refractivity contribution >= 4 is 28.5 Å². The minimum absolute atomic E-state index is 0.00208. The highest BCUT2D eigenvalue weighted by Gasteiger charge is 2.15. The molecule has 0 saturated carbocycles. The Morgan fingerprint density at radius 1 is 0.939 bits per heavy atom. The maximum absolute atomic E-state index is 12.4. The van der Waals surface area contributed by atoms with Crippen molar-refractivity contribution in [3.8, 4) is 0 Å². The maximum Gasteiger partial charge on any atom is 0.224 e. The van der Waals surface area contributed by atoms with E-state index in [1.54, 1.807) is 12.1 Å². The van der Waals surface area contributed by atoms with Crippen molar-refractivity contribution < 1.29 is 4.79 Å². The number of para-hydroxylation sites is 2. The second-order valence-corrected chi connectivity index (χ2v) is 9.89. The summed E-state index contributed by atoms with van der Waals surface area (Å²) in [5.41, 5.74) is 5.73. The summed E-state index contributed by atoms with van der Waals surface area (Å²) in [6, 6.07) is 24.4. The predicted molar refractivity (Wildman–Crippen MR) is 136 cm³/mol. The lowest BCUT2D eigenvalue weighted by Crippen LogP contribution is -2.28. The van der Waals surface area contributed by atoms with Crippen LogP contribution in [0.4, 0.5) is 0 Å². The van der Waals surface area contributed by atoms with Crippen molar-refractivity contribution in [1.29, 1.82) is 0 Å². The highest BCUT2D eigenvalue weighted by molar-refractivity contribution is 6.30. The van der Waals surface area contributed by atoms with Crippen molar-refractivity contribution in [3.05, 3.63) is 100 Å². The van der Waals surface area contributed by atoms with Crippen LogP contribution in [0.3, 0.4) is 0 Å². The molecular formula is C28H30ClN3O. The molecule has 0 fully saturated rings. The maximum atomic E-state index is 12.4. The molecule has 0 aliphatic heterocycles. The second-order valence-electron chi connectivity index (χ2n) is 9.45. The van der Waals surface area contributed by atoms with E-state index in [0.717, 1.165) is 29.0 Å². The average Bonchev–Trinajstić information content (AvgIpc) is 3.12. The number of carbonyl (C=O) groups excluding carboxylic acids is 1. The molecule has 1 aromatic heterocycles. The summed E-state index contributed by atoms with van der Waals surface area (Å²) >= 11 is 5.92. The molecule has 1 N–H and O–H groups in total. The number of nitrogens with zero attached hydrogens (tertiary/aromatic N) is 2. The van der Waals surface area contributed by atoms with Crippen LogP contribution >= 0.6 is 11.6 Å². The lowest BCUT2D eigenvalue weighted by molar-refractivity contribution is -0.120. The first-order chi connectivity index (χ1) is 15.8. The van der Waals surface area contributed by atoms with E-state index in [4.69, 9.17) is 16.6 Å². The van der Waals surface area contributed by atoms with Gasteiger partial charge in [-0.25, -0.2) is 4.98 Å². The third-order valence-electron chi connectivity index (χ3n) is 5.84. The Kier molecular flexibility index (Phi) is 6.85. The van der Waals surface area contributed by atoms with Crippen molar-refractivity contribution in [2.75, 3.05) is 6.54 Å². The molecule has 0 aliphatic carbocycles. The molecule has 1 heterocycles. The van der Waals surface area contributed by atoms with Crippen LogP contribution in [-0.4, -0.2) is 22.0 Å².